The summed E-state index contributed by atoms with van der Waals surface area (Å²) in [4.78, 5) is 30.6. The molecule has 2 N–H and O–H groups in total. The largest absolute Gasteiger partial charge is 0.507 e. The Morgan fingerprint density at radius 2 is 2.00 bits per heavy atom. The molecule has 1 saturated heterocycles. The lowest BCUT2D eigenvalue weighted by Gasteiger charge is -2.25. The minimum atomic E-state index is -0.786. The SMILES string of the molecule is CCCOc1cccc(C2/C(=C(\O)c3ccc(F)cc3)C(=O)C(=O)N2CCC[n+]2cc[nH]c2)c1. The number of likely N-dealkylation sites (tertiary alicyclic amines) is 1. The highest BCUT2D eigenvalue weighted by molar-refractivity contribution is 6.46. The molecule has 3 aromatic rings. The Morgan fingerprint density at radius 1 is 1.21 bits per heavy atom. The number of ketones is 1. The summed E-state index contributed by atoms with van der Waals surface area (Å²) >= 11 is 0. The van der Waals surface area contributed by atoms with Crippen molar-refractivity contribution >= 4 is 17.4 Å². The van der Waals surface area contributed by atoms with Gasteiger partial charge in [0, 0.05) is 18.5 Å². The third-order valence-electron chi connectivity index (χ3n) is 5.72. The van der Waals surface area contributed by atoms with Crippen molar-refractivity contribution in [2.45, 2.75) is 32.4 Å². The van der Waals surface area contributed by atoms with Crippen LogP contribution in [-0.4, -0.2) is 39.8 Å². The molecule has 0 spiro atoms. The first kappa shape index (κ1) is 23.2. The molecule has 0 aliphatic carbocycles. The molecular formula is C26H27FN3O4+. The van der Waals surface area contributed by atoms with Gasteiger partial charge in [0.1, 0.15) is 29.7 Å². The maximum absolute atomic E-state index is 13.4. The second kappa shape index (κ2) is 10.3. The molecule has 0 bridgehead atoms. The van der Waals surface area contributed by atoms with E-state index in [1.807, 2.05) is 30.1 Å². The summed E-state index contributed by atoms with van der Waals surface area (Å²) in [6.45, 7) is 3.50. The number of aromatic nitrogens is 2. The number of ether oxygens (including phenoxy) is 1. The van der Waals surface area contributed by atoms with Crippen LogP contribution < -0.4 is 9.30 Å². The molecule has 0 radical (unpaired) electrons. The number of nitrogens with zero attached hydrogens (tertiary/aromatic N) is 2. The molecule has 2 aromatic carbocycles. The zero-order valence-electron chi connectivity index (χ0n) is 18.9. The fourth-order valence-electron chi connectivity index (χ4n) is 4.10. The van der Waals surface area contributed by atoms with Crippen molar-refractivity contribution in [3.8, 4) is 5.75 Å². The standard InChI is InChI=1S/C26H26FN3O4/c1-2-15-34-21-6-3-5-19(16-21)23-22(24(31)18-7-9-20(27)10-8-18)25(32)26(33)30(23)13-4-12-29-14-11-28-17-29/h3,5-11,14,16-17,23H,2,4,12-13,15H2,1H3,(H,31,32)/p+1. The summed E-state index contributed by atoms with van der Waals surface area (Å²) in [6.07, 6.45) is 6.94. The first-order valence-corrected chi connectivity index (χ1v) is 11.3. The Labute approximate surface area is 197 Å². The Balaban J connectivity index is 1.73. The molecule has 4 rings (SSSR count). The van der Waals surface area contributed by atoms with Crippen LogP contribution in [0.5, 0.6) is 5.75 Å². The van der Waals surface area contributed by atoms with Crippen LogP contribution >= 0.6 is 0 Å². The topological polar surface area (TPSA) is 86.5 Å². The van der Waals surface area contributed by atoms with Crippen molar-refractivity contribution in [1.29, 1.82) is 0 Å². The predicted octanol–water partition coefficient (Wildman–Crippen LogP) is 3.74. The van der Waals surface area contributed by atoms with E-state index >= 15 is 0 Å². The van der Waals surface area contributed by atoms with E-state index < -0.39 is 23.5 Å². The number of aryl methyl sites for hydroxylation is 1. The molecule has 8 heteroatoms. The van der Waals surface area contributed by atoms with Gasteiger partial charge >= 0.3 is 0 Å². The zero-order chi connectivity index (χ0) is 24.1. The highest BCUT2D eigenvalue weighted by Crippen LogP contribution is 2.40. The summed E-state index contributed by atoms with van der Waals surface area (Å²) < 4.78 is 21.1. The number of aliphatic hydroxyl groups excluding tert-OH is 1. The van der Waals surface area contributed by atoms with Gasteiger partial charge < -0.3 is 14.7 Å². The van der Waals surface area contributed by atoms with Crippen LogP contribution in [0.4, 0.5) is 4.39 Å². The van der Waals surface area contributed by atoms with Crippen LogP contribution in [0.2, 0.25) is 0 Å². The van der Waals surface area contributed by atoms with Gasteiger partial charge in [-0.3, -0.25) is 14.6 Å². The van der Waals surface area contributed by atoms with E-state index in [-0.39, 0.29) is 16.9 Å². The number of rotatable bonds is 9. The van der Waals surface area contributed by atoms with Gasteiger partial charge in [-0.1, -0.05) is 19.1 Å². The number of hydrogen-bond donors (Lipinski definition) is 2. The van der Waals surface area contributed by atoms with Gasteiger partial charge in [-0.25, -0.2) is 8.96 Å². The minimum absolute atomic E-state index is 0.0152. The van der Waals surface area contributed by atoms with Gasteiger partial charge in [0.25, 0.3) is 11.7 Å². The molecule has 1 amide bonds. The van der Waals surface area contributed by atoms with Gasteiger partial charge in [-0.15, -0.1) is 0 Å². The maximum Gasteiger partial charge on any atom is 0.295 e. The number of carbonyl (C=O) groups is 2. The highest BCUT2D eigenvalue weighted by atomic mass is 19.1. The fourth-order valence-corrected chi connectivity index (χ4v) is 4.10. The Kier molecular flexibility index (Phi) is 7.06. The summed E-state index contributed by atoms with van der Waals surface area (Å²) in [5.41, 5.74) is 0.912. The Morgan fingerprint density at radius 3 is 2.71 bits per heavy atom. The molecule has 1 aliphatic heterocycles. The van der Waals surface area contributed by atoms with Crippen molar-refractivity contribution in [3.05, 3.63) is 89.8 Å². The molecule has 34 heavy (non-hydrogen) atoms. The van der Waals surface area contributed by atoms with Crippen LogP contribution in [0.25, 0.3) is 5.76 Å². The van der Waals surface area contributed by atoms with E-state index in [0.717, 1.165) is 6.42 Å². The predicted molar refractivity (Wildman–Crippen MR) is 123 cm³/mol. The zero-order valence-corrected chi connectivity index (χ0v) is 18.9. The molecule has 7 nitrogen and oxygen atoms in total. The number of halogens is 1. The van der Waals surface area contributed by atoms with E-state index in [9.17, 15) is 19.1 Å². The number of imidazole rings is 1. The van der Waals surface area contributed by atoms with E-state index in [1.165, 1.54) is 29.2 Å². The first-order chi connectivity index (χ1) is 16.5. The molecule has 1 aliphatic rings. The van der Waals surface area contributed by atoms with Gasteiger partial charge in [0.05, 0.1) is 24.8 Å². The molecule has 1 unspecified atom stereocenters. The van der Waals surface area contributed by atoms with Crippen molar-refractivity contribution in [2.24, 2.45) is 0 Å². The number of aromatic amines is 1. The van der Waals surface area contributed by atoms with E-state index in [2.05, 4.69) is 4.98 Å². The molecular weight excluding hydrogens is 437 g/mol. The van der Waals surface area contributed by atoms with Crippen molar-refractivity contribution in [2.75, 3.05) is 13.2 Å². The highest BCUT2D eigenvalue weighted by Gasteiger charge is 2.46. The lowest BCUT2D eigenvalue weighted by atomic mass is 9.95. The van der Waals surface area contributed by atoms with Crippen molar-refractivity contribution < 1.29 is 28.4 Å². The summed E-state index contributed by atoms with van der Waals surface area (Å²) in [5.74, 6) is -1.61. The number of hydrogen-bond acceptors (Lipinski definition) is 4. The van der Waals surface area contributed by atoms with Gasteiger partial charge in [0.15, 0.2) is 0 Å². The fraction of sp³-hybridized carbons (Fsp3) is 0.269. The Bertz CT molecular complexity index is 1190. The molecule has 0 saturated carbocycles. The summed E-state index contributed by atoms with van der Waals surface area (Å²) in [7, 11) is 0. The lowest BCUT2D eigenvalue weighted by molar-refractivity contribution is -0.695. The molecule has 1 atom stereocenters. The van der Waals surface area contributed by atoms with Gasteiger partial charge in [0.2, 0.25) is 6.33 Å². The maximum atomic E-state index is 13.4. The third-order valence-corrected chi connectivity index (χ3v) is 5.72. The van der Waals surface area contributed by atoms with Gasteiger partial charge in [-0.05, 0) is 48.4 Å². The number of H-pyrrole nitrogens is 1. The number of carbonyl (C=O) groups excluding carboxylic acids is 2. The van der Waals surface area contributed by atoms with Crippen molar-refractivity contribution in [1.82, 2.24) is 9.88 Å². The average Bonchev–Trinajstić information content (AvgIpc) is 3.45. The number of nitrogens with one attached hydrogen (secondary N) is 1. The summed E-state index contributed by atoms with van der Waals surface area (Å²) in [6, 6.07) is 11.6. The molecule has 1 aromatic heterocycles. The Hall–Kier alpha value is -3.94. The number of benzene rings is 2. The average molecular weight is 465 g/mol. The number of aliphatic hydroxyl groups is 1. The van der Waals surface area contributed by atoms with E-state index in [0.29, 0.717) is 37.4 Å². The normalized spacial score (nSPS) is 17.4. The quantitative estimate of drug-likeness (QED) is 0.219. The van der Waals surface area contributed by atoms with E-state index in [4.69, 9.17) is 4.74 Å². The van der Waals surface area contributed by atoms with Crippen LogP contribution in [-0.2, 0) is 16.1 Å². The van der Waals surface area contributed by atoms with Crippen LogP contribution in [0, 0.1) is 5.82 Å². The molecule has 2 heterocycles. The smallest absolute Gasteiger partial charge is 0.295 e. The third kappa shape index (κ3) is 4.85. The van der Waals surface area contributed by atoms with Crippen LogP contribution in [0.1, 0.15) is 36.9 Å². The summed E-state index contributed by atoms with van der Waals surface area (Å²) in [5, 5.41) is 11.1. The monoisotopic (exact) mass is 464 g/mol. The second-order valence-corrected chi connectivity index (χ2v) is 8.12. The van der Waals surface area contributed by atoms with Gasteiger partial charge in [-0.2, -0.15) is 0 Å². The van der Waals surface area contributed by atoms with Crippen molar-refractivity contribution in [3.63, 3.8) is 0 Å². The lowest BCUT2D eigenvalue weighted by Crippen LogP contribution is -2.36. The number of amides is 1. The van der Waals surface area contributed by atoms with Crippen LogP contribution in [0.15, 0.2) is 72.8 Å². The van der Waals surface area contributed by atoms with Crippen LogP contribution in [0.3, 0.4) is 0 Å². The molecule has 176 valence electrons. The number of Topliss-reactive ketones (excluding diaryl/α,β-unsaturated/α-hetero) is 1. The molecule has 1 fully saturated rings. The minimum Gasteiger partial charge on any atom is -0.507 e. The second-order valence-electron chi connectivity index (χ2n) is 8.12. The van der Waals surface area contributed by atoms with E-state index in [1.54, 1.807) is 24.4 Å². The first-order valence-electron chi connectivity index (χ1n) is 11.3.